The van der Waals surface area contributed by atoms with Crippen LogP contribution in [0.3, 0.4) is 0 Å². The molecule has 84 valence electrons. The van der Waals surface area contributed by atoms with E-state index in [1.807, 2.05) is 0 Å². The van der Waals surface area contributed by atoms with Crippen molar-refractivity contribution in [1.82, 2.24) is 0 Å². The molecule has 0 atom stereocenters. The van der Waals surface area contributed by atoms with Crippen LogP contribution in [-0.2, 0) is 0 Å². The summed E-state index contributed by atoms with van der Waals surface area (Å²) in [5.41, 5.74) is 0.738. The molecule has 0 radical (unpaired) electrons. The number of nitrogens with zero attached hydrogens (tertiary/aromatic N) is 1. The van der Waals surface area contributed by atoms with Gasteiger partial charge < -0.3 is 10.4 Å². The summed E-state index contributed by atoms with van der Waals surface area (Å²) in [6, 6.07) is 6.26. The SMILES string of the molecule is N#Cc1ccc(NCC2CC(O)C2)cc1F. The highest BCUT2D eigenvalue weighted by Crippen LogP contribution is 2.27. The number of hydrogen-bond acceptors (Lipinski definition) is 3. The zero-order valence-electron chi connectivity index (χ0n) is 8.78. The Morgan fingerprint density at radius 3 is 2.81 bits per heavy atom. The van der Waals surface area contributed by atoms with Gasteiger partial charge in [-0.05, 0) is 37.0 Å². The predicted octanol–water partition coefficient (Wildman–Crippen LogP) is 1.88. The molecule has 4 heteroatoms. The lowest BCUT2D eigenvalue weighted by Gasteiger charge is -2.31. The van der Waals surface area contributed by atoms with E-state index in [1.54, 1.807) is 12.1 Å². The van der Waals surface area contributed by atoms with E-state index in [1.165, 1.54) is 12.1 Å². The van der Waals surface area contributed by atoms with Gasteiger partial charge in [-0.2, -0.15) is 5.26 Å². The average molecular weight is 220 g/mol. The summed E-state index contributed by atoms with van der Waals surface area (Å²) in [6.45, 7) is 0.738. The van der Waals surface area contributed by atoms with Gasteiger partial charge in [-0.15, -0.1) is 0 Å². The Morgan fingerprint density at radius 2 is 2.25 bits per heavy atom. The van der Waals surface area contributed by atoms with E-state index in [9.17, 15) is 4.39 Å². The van der Waals surface area contributed by atoms with Gasteiger partial charge in [0, 0.05) is 12.2 Å². The van der Waals surface area contributed by atoms with Gasteiger partial charge in [0.2, 0.25) is 0 Å². The number of aliphatic hydroxyl groups excluding tert-OH is 1. The van der Waals surface area contributed by atoms with Crippen molar-refractivity contribution in [2.75, 3.05) is 11.9 Å². The summed E-state index contributed by atoms with van der Waals surface area (Å²) in [7, 11) is 0. The van der Waals surface area contributed by atoms with Gasteiger partial charge in [-0.25, -0.2) is 4.39 Å². The second-order valence-electron chi connectivity index (χ2n) is 4.18. The Balaban J connectivity index is 1.90. The number of anilines is 1. The molecule has 2 N–H and O–H groups in total. The molecule has 1 aromatic rings. The Hall–Kier alpha value is -1.60. The predicted molar refractivity (Wildman–Crippen MR) is 58.3 cm³/mol. The van der Waals surface area contributed by atoms with E-state index in [0.29, 0.717) is 11.6 Å². The number of rotatable bonds is 3. The number of hydrogen-bond donors (Lipinski definition) is 2. The van der Waals surface area contributed by atoms with Gasteiger partial charge in [0.25, 0.3) is 0 Å². The van der Waals surface area contributed by atoms with Crippen LogP contribution in [0.5, 0.6) is 0 Å². The third-order valence-corrected chi connectivity index (χ3v) is 2.90. The first-order valence-electron chi connectivity index (χ1n) is 5.30. The molecular formula is C12H13FN2O. The number of nitriles is 1. The lowest BCUT2D eigenvalue weighted by molar-refractivity contribution is 0.0487. The quantitative estimate of drug-likeness (QED) is 0.817. The molecule has 1 aliphatic rings. The lowest BCUT2D eigenvalue weighted by Crippen LogP contribution is -2.33. The molecule has 0 amide bonds. The summed E-state index contributed by atoms with van der Waals surface area (Å²) in [6.07, 6.45) is 1.46. The van der Waals surface area contributed by atoms with Crippen molar-refractivity contribution in [2.24, 2.45) is 5.92 Å². The summed E-state index contributed by atoms with van der Waals surface area (Å²) < 4.78 is 13.2. The maximum Gasteiger partial charge on any atom is 0.143 e. The molecule has 0 aliphatic heterocycles. The Kier molecular flexibility index (Phi) is 3.07. The molecule has 1 aliphatic carbocycles. The fraction of sp³-hybridized carbons (Fsp3) is 0.417. The number of nitrogens with one attached hydrogen (secondary N) is 1. The molecule has 0 saturated heterocycles. The normalized spacial score (nSPS) is 23.3. The van der Waals surface area contributed by atoms with Crippen LogP contribution in [0.15, 0.2) is 18.2 Å². The van der Waals surface area contributed by atoms with Gasteiger partial charge in [-0.1, -0.05) is 0 Å². The molecule has 0 aromatic heterocycles. The van der Waals surface area contributed by atoms with Crippen LogP contribution in [0.2, 0.25) is 0 Å². The topological polar surface area (TPSA) is 56.0 Å². The standard InChI is InChI=1S/C12H13FN2O/c13-12-5-10(2-1-9(12)6-14)15-7-8-3-11(16)4-8/h1-2,5,8,11,15-16H,3-4,7H2. The van der Waals surface area contributed by atoms with E-state index < -0.39 is 5.82 Å². The molecule has 1 fully saturated rings. The first-order valence-corrected chi connectivity index (χ1v) is 5.30. The Morgan fingerprint density at radius 1 is 1.50 bits per heavy atom. The molecule has 1 aromatic carbocycles. The van der Waals surface area contributed by atoms with Crippen LogP contribution >= 0.6 is 0 Å². The second-order valence-corrected chi connectivity index (χ2v) is 4.18. The maximum atomic E-state index is 13.2. The van der Waals surface area contributed by atoms with Crippen molar-refractivity contribution in [1.29, 1.82) is 5.26 Å². The van der Waals surface area contributed by atoms with Gasteiger partial charge in [-0.3, -0.25) is 0 Å². The van der Waals surface area contributed by atoms with Crippen molar-refractivity contribution >= 4 is 5.69 Å². The van der Waals surface area contributed by atoms with Gasteiger partial charge >= 0.3 is 0 Å². The Bertz CT molecular complexity index is 422. The molecule has 0 spiro atoms. The molecule has 2 rings (SSSR count). The summed E-state index contributed by atoms with van der Waals surface area (Å²) in [5.74, 6) is -0.0325. The molecule has 3 nitrogen and oxygen atoms in total. The van der Waals surface area contributed by atoms with Crippen LogP contribution in [-0.4, -0.2) is 17.8 Å². The van der Waals surface area contributed by atoms with Crippen molar-refractivity contribution in [2.45, 2.75) is 18.9 Å². The van der Waals surface area contributed by atoms with Crippen molar-refractivity contribution in [3.63, 3.8) is 0 Å². The van der Waals surface area contributed by atoms with Crippen molar-refractivity contribution in [3.05, 3.63) is 29.6 Å². The second kappa shape index (κ2) is 4.50. The van der Waals surface area contributed by atoms with Crippen LogP contribution in [0, 0.1) is 23.1 Å². The first kappa shape index (κ1) is 10.9. The minimum absolute atomic E-state index is 0.0598. The average Bonchev–Trinajstić information content (AvgIpc) is 2.23. The third kappa shape index (κ3) is 2.31. The van der Waals surface area contributed by atoms with E-state index >= 15 is 0 Å². The van der Waals surface area contributed by atoms with Crippen LogP contribution < -0.4 is 5.32 Å². The Labute approximate surface area is 93.5 Å². The smallest absolute Gasteiger partial charge is 0.143 e. The lowest BCUT2D eigenvalue weighted by atomic mass is 9.82. The molecule has 0 heterocycles. The minimum atomic E-state index is -0.499. The first-order chi connectivity index (χ1) is 7.69. The van der Waals surface area contributed by atoms with Gasteiger partial charge in [0.1, 0.15) is 11.9 Å². The highest BCUT2D eigenvalue weighted by molar-refractivity contribution is 5.48. The van der Waals surface area contributed by atoms with Crippen molar-refractivity contribution < 1.29 is 9.50 Å². The highest BCUT2D eigenvalue weighted by atomic mass is 19.1. The van der Waals surface area contributed by atoms with Crippen LogP contribution in [0.1, 0.15) is 18.4 Å². The van der Waals surface area contributed by atoms with E-state index in [4.69, 9.17) is 10.4 Å². The van der Waals surface area contributed by atoms with Gasteiger partial charge in [0.15, 0.2) is 0 Å². The maximum absolute atomic E-state index is 13.2. The zero-order chi connectivity index (χ0) is 11.5. The van der Waals surface area contributed by atoms with Crippen LogP contribution in [0.25, 0.3) is 0 Å². The molecule has 0 unspecified atom stereocenters. The third-order valence-electron chi connectivity index (χ3n) is 2.90. The monoisotopic (exact) mass is 220 g/mol. The molecular weight excluding hydrogens is 207 g/mol. The fourth-order valence-corrected chi connectivity index (χ4v) is 1.85. The van der Waals surface area contributed by atoms with Crippen molar-refractivity contribution in [3.8, 4) is 6.07 Å². The number of aliphatic hydroxyl groups is 1. The van der Waals surface area contributed by atoms with E-state index in [2.05, 4.69) is 5.32 Å². The summed E-state index contributed by atoms with van der Waals surface area (Å²) >= 11 is 0. The van der Waals surface area contributed by atoms with E-state index in [-0.39, 0.29) is 11.7 Å². The summed E-state index contributed by atoms with van der Waals surface area (Å²) in [5, 5.41) is 20.8. The molecule has 16 heavy (non-hydrogen) atoms. The largest absolute Gasteiger partial charge is 0.393 e. The molecule has 1 saturated carbocycles. The van der Waals surface area contributed by atoms with Gasteiger partial charge in [0.05, 0.1) is 11.7 Å². The summed E-state index contributed by atoms with van der Waals surface area (Å²) in [4.78, 5) is 0. The highest BCUT2D eigenvalue weighted by Gasteiger charge is 2.26. The fourth-order valence-electron chi connectivity index (χ4n) is 1.85. The zero-order valence-corrected chi connectivity index (χ0v) is 8.78. The number of benzene rings is 1. The molecule has 0 bridgehead atoms. The van der Waals surface area contributed by atoms with E-state index in [0.717, 1.165) is 19.4 Å². The minimum Gasteiger partial charge on any atom is -0.393 e. The van der Waals surface area contributed by atoms with Crippen LogP contribution in [0.4, 0.5) is 10.1 Å². The number of halogens is 1.